The zero-order valence-electron chi connectivity index (χ0n) is 19.5. The summed E-state index contributed by atoms with van der Waals surface area (Å²) >= 11 is 6.20. The highest BCUT2D eigenvalue weighted by atomic mass is 35.5. The number of non-ortho nitro benzene ring substituents is 1. The van der Waals surface area contributed by atoms with E-state index in [4.69, 9.17) is 16.3 Å². The number of nitrogens with zero attached hydrogens (tertiary/aromatic N) is 3. The van der Waals surface area contributed by atoms with Crippen molar-refractivity contribution < 1.29 is 14.5 Å². The van der Waals surface area contributed by atoms with Crippen LogP contribution in [0.2, 0.25) is 5.02 Å². The Labute approximate surface area is 218 Å². The van der Waals surface area contributed by atoms with E-state index in [-0.39, 0.29) is 11.6 Å². The van der Waals surface area contributed by atoms with Crippen LogP contribution in [0.15, 0.2) is 114 Å². The lowest BCUT2D eigenvalue weighted by molar-refractivity contribution is -0.384. The topological polar surface area (TPSA) is 85.0 Å². The molecule has 0 aliphatic carbocycles. The fourth-order valence-corrected chi connectivity index (χ4v) is 4.04. The molecule has 5 rings (SSSR count). The van der Waals surface area contributed by atoms with Crippen LogP contribution in [0.4, 0.5) is 11.4 Å². The number of carbonyl (C=O) groups is 1. The molecule has 4 aromatic carbocycles. The first-order valence-corrected chi connectivity index (χ1v) is 11.8. The number of hydrazone groups is 1. The molecule has 182 valence electrons. The number of benzene rings is 4. The van der Waals surface area contributed by atoms with E-state index in [1.54, 1.807) is 6.08 Å². The number of hydrogen-bond acceptors (Lipinski definition) is 5. The van der Waals surface area contributed by atoms with Gasteiger partial charge in [-0.2, -0.15) is 10.1 Å². The van der Waals surface area contributed by atoms with Gasteiger partial charge in [-0.25, -0.2) is 0 Å². The summed E-state index contributed by atoms with van der Waals surface area (Å²) in [5.74, 6) is 0.344. The first-order chi connectivity index (χ1) is 18.0. The van der Waals surface area contributed by atoms with Crippen molar-refractivity contribution in [2.75, 3.05) is 5.01 Å². The number of ether oxygens (including phenoxy) is 1. The van der Waals surface area contributed by atoms with Gasteiger partial charge in [-0.3, -0.25) is 14.9 Å². The lowest BCUT2D eigenvalue weighted by Gasteiger charge is -2.11. The highest BCUT2D eigenvalue weighted by molar-refractivity contribution is 6.37. The molecule has 0 aromatic heterocycles. The fraction of sp³-hybridized carbons (Fsp3) is 0.0345. The minimum Gasteiger partial charge on any atom is -0.489 e. The molecule has 37 heavy (non-hydrogen) atoms. The molecule has 0 N–H and O–H groups in total. The highest BCUT2D eigenvalue weighted by Gasteiger charge is 2.32. The van der Waals surface area contributed by atoms with Crippen LogP contribution >= 0.6 is 11.6 Å². The van der Waals surface area contributed by atoms with E-state index < -0.39 is 4.92 Å². The minimum atomic E-state index is -0.485. The molecule has 1 aliphatic rings. The molecular weight excluding hydrogens is 490 g/mol. The molecule has 8 heteroatoms. The van der Waals surface area contributed by atoms with Gasteiger partial charge in [0, 0.05) is 28.3 Å². The highest BCUT2D eigenvalue weighted by Crippen LogP contribution is 2.29. The largest absolute Gasteiger partial charge is 0.489 e. The lowest BCUT2D eigenvalue weighted by atomic mass is 10.0. The van der Waals surface area contributed by atoms with Crippen LogP contribution in [-0.4, -0.2) is 16.5 Å². The fourth-order valence-electron chi connectivity index (χ4n) is 3.85. The number of nitro benzene ring substituents is 1. The molecule has 0 bridgehead atoms. The van der Waals surface area contributed by atoms with Gasteiger partial charge in [0.25, 0.3) is 11.6 Å². The van der Waals surface area contributed by atoms with Crippen molar-refractivity contribution in [3.63, 3.8) is 0 Å². The zero-order chi connectivity index (χ0) is 25.8. The van der Waals surface area contributed by atoms with Crippen LogP contribution in [0, 0.1) is 10.1 Å². The third kappa shape index (κ3) is 5.27. The molecule has 0 atom stereocenters. The van der Waals surface area contributed by atoms with Crippen molar-refractivity contribution in [2.24, 2.45) is 5.10 Å². The van der Waals surface area contributed by atoms with Crippen LogP contribution in [0.25, 0.3) is 6.08 Å². The Kier molecular flexibility index (Phi) is 6.78. The summed E-state index contributed by atoms with van der Waals surface area (Å²) in [6, 6.07) is 30.0. The number of carbonyl (C=O) groups excluding carboxylic acids is 1. The Hall–Kier alpha value is -4.75. The van der Waals surface area contributed by atoms with Gasteiger partial charge in [-0.1, -0.05) is 72.3 Å². The summed E-state index contributed by atoms with van der Waals surface area (Å²) in [7, 11) is 0. The van der Waals surface area contributed by atoms with E-state index in [0.717, 1.165) is 16.7 Å². The average Bonchev–Trinajstić information content (AvgIpc) is 3.25. The summed E-state index contributed by atoms with van der Waals surface area (Å²) < 4.78 is 5.86. The Morgan fingerprint density at radius 1 is 0.892 bits per heavy atom. The van der Waals surface area contributed by atoms with E-state index in [1.165, 1.54) is 29.3 Å². The van der Waals surface area contributed by atoms with E-state index in [2.05, 4.69) is 5.10 Å². The number of anilines is 1. The second-order valence-electron chi connectivity index (χ2n) is 8.21. The van der Waals surface area contributed by atoms with E-state index in [0.29, 0.717) is 34.4 Å². The van der Waals surface area contributed by atoms with Gasteiger partial charge in [0.2, 0.25) is 0 Å². The summed E-state index contributed by atoms with van der Waals surface area (Å²) in [5.41, 5.74) is 3.78. The predicted molar refractivity (Wildman–Crippen MR) is 144 cm³/mol. The number of rotatable bonds is 7. The van der Waals surface area contributed by atoms with Crippen LogP contribution in [0.1, 0.15) is 16.7 Å². The minimum absolute atomic E-state index is 0.0599. The van der Waals surface area contributed by atoms with Gasteiger partial charge in [-0.15, -0.1) is 0 Å². The quantitative estimate of drug-likeness (QED) is 0.158. The average molecular weight is 510 g/mol. The van der Waals surface area contributed by atoms with Crippen LogP contribution < -0.4 is 9.75 Å². The summed E-state index contributed by atoms with van der Waals surface area (Å²) in [6.07, 6.45) is 1.78. The van der Waals surface area contributed by atoms with E-state index in [9.17, 15) is 14.9 Å². The first-order valence-electron chi connectivity index (χ1n) is 11.4. The first kappa shape index (κ1) is 24.0. The van der Waals surface area contributed by atoms with Crippen molar-refractivity contribution in [2.45, 2.75) is 6.61 Å². The van der Waals surface area contributed by atoms with Gasteiger partial charge in [0.15, 0.2) is 0 Å². The second kappa shape index (κ2) is 10.5. The Bertz CT molecular complexity index is 1520. The Morgan fingerprint density at radius 3 is 2.24 bits per heavy atom. The molecule has 0 saturated carbocycles. The Balaban J connectivity index is 1.42. The maximum atomic E-state index is 13.4. The number of nitro groups is 1. The predicted octanol–water partition coefficient (Wildman–Crippen LogP) is 6.66. The van der Waals surface area contributed by atoms with Gasteiger partial charge in [-0.05, 0) is 42.0 Å². The van der Waals surface area contributed by atoms with E-state index in [1.807, 2.05) is 78.9 Å². The zero-order valence-corrected chi connectivity index (χ0v) is 20.2. The second-order valence-corrected chi connectivity index (χ2v) is 8.62. The number of hydrogen-bond donors (Lipinski definition) is 0. The van der Waals surface area contributed by atoms with E-state index >= 15 is 0 Å². The van der Waals surface area contributed by atoms with Gasteiger partial charge in [0.05, 0.1) is 16.2 Å². The third-order valence-electron chi connectivity index (χ3n) is 5.77. The molecule has 0 fully saturated rings. The third-order valence-corrected chi connectivity index (χ3v) is 6.14. The van der Waals surface area contributed by atoms with Crippen LogP contribution in [0.3, 0.4) is 0 Å². The Morgan fingerprint density at radius 2 is 1.57 bits per heavy atom. The smallest absolute Gasteiger partial charge is 0.281 e. The molecule has 1 aliphatic heterocycles. The monoisotopic (exact) mass is 509 g/mol. The normalized spacial score (nSPS) is 14.1. The maximum absolute atomic E-state index is 13.4. The molecule has 0 saturated heterocycles. The molecule has 0 unspecified atom stereocenters. The van der Waals surface area contributed by atoms with Crippen molar-refractivity contribution in [1.82, 2.24) is 0 Å². The summed E-state index contributed by atoms with van der Waals surface area (Å²) in [5, 5.41) is 17.5. The molecule has 1 amide bonds. The van der Waals surface area contributed by atoms with Crippen molar-refractivity contribution in [3.8, 4) is 5.75 Å². The van der Waals surface area contributed by atoms with Gasteiger partial charge in [0.1, 0.15) is 18.1 Å². The lowest BCUT2D eigenvalue weighted by Crippen LogP contribution is -2.21. The van der Waals surface area contributed by atoms with Gasteiger partial charge >= 0.3 is 0 Å². The standard InChI is InChI=1S/C29H20ClN3O4/c30-27-9-5-4-8-22(27)19-37-25-16-10-20(11-17-25)18-26-28(21-6-2-1-3-7-21)31-32(29(26)34)23-12-14-24(15-13-23)33(35)36/h1-18H,19H2/b26-18+. The molecule has 1 heterocycles. The summed E-state index contributed by atoms with van der Waals surface area (Å²) in [6.45, 7) is 0.341. The van der Waals surface area contributed by atoms with Crippen molar-refractivity contribution >= 4 is 40.7 Å². The molecule has 0 radical (unpaired) electrons. The number of halogens is 1. The SMILES string of the molecule is O=C1/C(=C/c2ccc(OCc3ccccc3Cl)cc2)C(c2ccccc2)=NN1c1ccc([N+](=O)[O-])cc1. The van der Waals surface area contributed by atoms with Crippen LogP contribution in [-0.2, 0) is 11.4 Å². The molecular formula is C29H20ClN3O4. The molecule has 0 spiro atoms. The number of amides is 1. The maximum Gasteiger partial charge on any atom is 0.281 e. The summed E-state index contributed by atoms with van der Waals surface area (Å²) in [4.78, 5) is 24.0. The molecule has 7 nitrogen and oxygen atoms in total. The van der Waals surface area contributed by atoms with Crippen molar-refractivity contribution in [1.29, 1.82) is 0 Å². The molecule has 4 aromatic rings. The van der Waals surface area contributed by atoms with Gasteiger partial charge < -0.3 is 4.74 Å². The van der Waals surface area contributed by atoms with Crippen molar-refractivity contribution in [3.05, 3.63) is 141 Å². The van der Waals surface area contributed by atoms with Crippen LogP contribution in [0.5, 0.6) is 5.75 Å².